The molecule has 4 heteroatoms. The molecular formula is C11H13ClO2S. The van der Waals surface area contributed by atoms with Crippen molar-refractivity contribution in [2.24, 2.45) is 0 Å². The lowest BCUT2D eigenvalue weighted by Gasteiger charge is -2.04. The third-order valence-electron chi connectivity index (χ3n) is 1.79. The molecule has 0 aliphatic rings. The van der Waals surface area contributed by atoms with Crippen molar-refractivity contribution in [3.8, 4) is 0 Å². The first-order valence-electron chi connectivity index (χ1n) is 4.65. The summed E-state index contributed by atoms with van der Waals surface area (Å²) >= 11 is 7.50. The summed E-state index contributed by atoms with van der Waals surface area (Å²) < 4.78 is 5.07. The van der Waals surface area contributed by atoms with Gasteiger partial charge in [0.25, 0.3) is 0 Å². The van der Waals surface area contributed by atoms with Crippen LogP contribution in [-0.2, 0) is 4.74 Å². The zero-order chi connectivity index (χ0) is 11.1. The fourth-order valence-electron chi connectivity index (χ4n) is 1.07. The van der Waals surface area contributed by atoms with E-state index in [1.54, 1.807) is 36.0 Å². The molecule has 0 spiro atoms. The first kappa shape index (κ1) is 12.4. The highest BCUT2D eigenvalue weighted by Crippen LogP contribution is 2.11. The SMILES string of the molecule is CSCCCOC(=O)c1cccc(Cl)c1. The van der Waals surface area contributed by atoms with Crippen LogP contribution < -0.4 is 0 Å². The van der Waals surface area contributed by atoms with E-state index in [1.807, 2.05) is 6.26 Å². The summed E-state index contributed by atoms with van der Waals surface area (Å²) in [5.41, 5.74) is 0.506. The third kappa shape index (κ3) is 4.58. The van der Waals surface area contributed by atoms with Crippen molar-refractivity contribution >= 4 is 29.3 Å². The van der Waals surface area contributed by atoms with Gasteiger partial charge in [-0.3, -0.25) is 0 Å². The van der Waals surface area contributed by atoms with E-state index >= 15 is 0 Å². The molecule has 0 fully saturated rings. The maximum atomic E-state index is 11.5. The number of ether oxygens (including phenoxy) is 1. The predicted octanol–water partition coefficient (Wildman–Crippen LogP) is 3.25. The number of hydrogen-bond acceptors (Lipinski definition) is 3. The topological polar surface area (TPSA) is 26.3 Å². The van der Waals surface area contributed by atoms with Crippen LogP contribution in [0.3, 0.4) is 0 Å². The average Bonchev–Trinajstić information content (AvgIpc) is 2.24. The molecule has 0 heterocycles. The second-order valence-electron chi connectivity index (χ2n) is 2.99. The Bertz CT molecular complexity index is 328. The molecule has 0 saturated carbocycles. The lowest BCUT2D eigenvalue weighted by atomic mass is 10.2. The Labute approximate surface area is 99.0 Å². The smallest absolute Gasteiger partial charge is 0.338 e. The van der Waals surface area contributed by atoms with Crippen LogP contribution in [0.5, 0.6) is 0 Å². The average molecular weight is 245 g/mol. The summed E-state index contributed by atoms with van der Waals surface area (Å²) in [4.78, 5) is 11.5. The van der Waals surface area contributed by atoms with Crippen molar-refractivity contribution in [2.45, 2.75) is 6.42 Å². The van der Waals surface area contributed by atoms with Gasteiger partial charge in [-0.25, -0.2) is 4.79 Å². The first-order valence-corrected chi connectivity index (χ1v) is 6.43. The van der Waals surface area contributed by atoms with Crippen LogP contribution in [0.1, 0.15) is 16.8 Å². The number of rotatable bonds is 5. The molecule has 2 nitrogen and oxygen atoms in total. The van der Waals surface area contributed by atoms with E-state index in [2.05, 4.69) is 0 Å². The van der Waals surface area contributed by atoms with Crippen molar-refractivity contribution in [3.63, 3.8) is 0 Å². The summed E-state index contributed by atoms with van der Waals surface area (Å²) in [6.45, 7) is 0.464. The number of carbonyl (C=O) groups excluding carboxylic acids is 1. The number of hydrogen-bond donors (Lipinski definition) is 0. The van der Waals surface area contributed by atoms with E-state index < -0.39 is 0 Å². The van der Waals surface area contributed by atoms with E-state index in [9.17, 15) is 4.79 Å². The van der Waals surface area contributed by atoms with E-state index in [0.29, 0.717) is 17.2 Å². The van der Waals surface area contributed by atoms with Crippen LogP contribution in [0.2, 0.25) is 5.02 Å². The minimum absolute atomic E-state index is 0.307. The zero-order valence-corrected chi connectivity index (χ0v) is 10.1. The van der Waals surface area contributed by atoms with Gasteiger partial charge in [-0.15, -0.1) is 0 Å². The van der Waals surface area contributed by atoms with Crippen molar-refractivity contribution < 1.29 is 9.53 Å². The van der Waals surface area contributed by atoms with Gasteiger partial charge in [-0.05, 0) is 36.6 Å². The van der Waals surface area contributed by atoms with Gasteiger partial charge in [0.2, 0.25) is 0 Å². The Hall–Kier alpha value is -0.670. The minimum atomic E-state index is -0.307. The van der Waals surface area contributed by atoms with Gasteiger partial charge < -0.3 is 4.74 Å². The van der Waals surface area contributed by atoms with Crippen molar-refractivity contribution in [3.05, 3.63) is 34.9 Å². The lowest BCUT2D eigenvalue weighted by molar-refractivity contribution is 0.0506. The minimum Gasteiger partial charge on any atom is -0.462 e. The van der Waals surface area contributed by atoms with Gasteiger partial charge in [0.1, 0.15) is 0 Å². The van der Waals surface area contributed by atoms with Crippen LogP contribution in [0.25, 0.3) is 0 Å². The van der Waals surface area contributed by atoms with E-state index in [0.717, 1.165) is 12.2 Å². The second-order valence-corrected chi connectivity index (χ2v) is 4.41. The Morgan fingerprint density at radius 2 is 2.33 bits per heavy atom. The molecule has 0 aliphatic carbocycles. The van der Waals surface area contributed by atoms with E-state index in [1.165, 1.54) is 0 Å². The van der Waals surface area contributed by atoms with Crippen LogP contribution in [0, 0.1) is 0 Å². The summed E-state index contributed by atoms with van der Waals surface area (Å²) in [7, 11) is 0. The molecular weight excluding hydrogens is 232 g/mol. The van der Waals surface area contributed by atoms with Gasteiger partial charge in [0.15, 0.2) is 0 Å². The monoisotopic (exact) mass is 244 g/mol. The zero-order valence-electron chi connectivity index (χ0n) is 8.53. The second kappa shape index (κ2) is 6.75. The molecule has 0 N–H and O–H groups in total. The maximum absolute atomic E-state index is 11.5. The van der Waals surface area contributed by atoms with Gasteiger partial charge >= 0.3 is 5.97 Å². The molecule has 0 atom stereocenters. The number of carbonyl (C=O) groups is 1. The molecule has 0 unspecified atom stereocenters. The number of halogens is 1. The molecule has 0 aromatic heterocycles. The summed E-state index contributed by atoms with van der Waals surface area (Å²) in [6.07, 6.45) is 2.91. The molecule has 0 saturated heterocycles. The van der Waals surface area contributed by atoms with Crippen LogP contribution in [0.15, 0.2) is 24.3 Å². The molecule has 1 aromatic rings. The normalized spacial score (nSPS) is 10.0. The number of benzene rings is 1. The van der Waals surface area contributed by atoms with Crippen LogP contribution in [-0.4, -0.2) is 24.6 Å². The van der Waals surface area contributed by atoms with Crippen LogP contribution >= 0.6 is 23.4 Å². The first-order chi connectivity index (χ1) is 7.24. The largest absolute Gasteiger partial charge is 0.462 e. The quantitative estimate of drug-likeness (QED) is 0.588. The molecule has 0 aliphatic heterocycles. The van der Waals surface area contributed by atoms with Crippen molar-refractivity contribution in [1.82, 2.24) is 0 Å². The van der Waals surface area contributed by atoms with Gasteiger partial charge in [-0.2, -0.15) is 11.8 Å². The molecule has 15 heavy (non-hydrogen) atoms. The van der Waals surface area contributed by atoms with Crippen LogP contribution in [0.4, 0.5) is 0 Å². The number of esters is 1. The Morgan fingerprint density at radius 3 is 3.00 bits per heavy atom. The Kier molecular flexibility index (Phi) is 5.58. The summed E-state index contributed by atoms with van der Waals surface area (Å²) in [5.74, 6) is 0.696. The summed E-state index contributed by atoms with van der Waals surface area (Å²) in [5, 5.41) is 0.550. The predicted molar refractivity (Wildman–Crippen MR) is 64.7 cm³/mol. The Morgan fingerprint density at radius 1 is 1.53 bits per heavy atom. The molecule has 0 bridgehead atoms. The highest BCUT2D eigenvalue weighted by Gasteiger charge is 2.06. The van der Waals surface area contributed by atoms with E-state index in [-0.39, 0.29) is 5.97 Å². The van der Waals surface area contributed by atoms with Crippen molar-refractivity contribution in [1.29, 1.82) is 0 Å². The standard InChI is InChI=1S/C11H13ClO2S/c1-15-7-3-6-14-11(13)9-4-2-5-10(12)8-9/h2,4-5,8H,3,6-7H2,1H3. The molecule has 0 radical (unpaired) electrons. The molecule has 0 amide bonds. The van der Waals surface area contributed by atoms with Gasteiger partial charge in [0.05, 0.1) is 12.2 Å². The number of thioether (sulfide) groups is 1. The molecule has 82 valence electrons. The highest BCUT2D eigenvalue weighted by molar-refractivity contribution is 7.98. The lowest BCUT2D eigenvalue weighted by Crippen LogP contribution is -2.06. The fraction of sp³-hybridized carbons (Fsp3) is 0.364. The maximum Gasteiger partial charge on any atom is 0.338 e. The molecule has 1 rings (SSSR count). The summed E-state index contributed by atoms with van der Waals surface area (Å²) in [6, 6.07) is 6.77. The van der Waals surface area contributed by atoms with Gasteiger partial charge in [0, 0.05) is 5.02 Å². The van der Waals surface area contributed by atoms with E-state index in [4.69, 9.17) is 16.3 Å². The third-order valence-corrected chi connectivity index (χ3v) is 2.72. The Balaban J connectivity index is 2.40. The fourth-order valence-corrected chi connectivity index (χ4v) is 1.66. The molecule has 1 aromatic carbocycles. The van der Waals surface area contributed by atoms with Gasteiger partial charge in [-0.1, -0.05) is 17.7 Å². The van der Waals surface area contributed by atoms with Crippen molar-refractivity contribution in [2.75, 3.05) is 18.6 Å². The highest BCUT2D eigenvalue weighted by atomic mass is 35.5.